The van der Waals surface area contributed by atoms with Crippen LogP contribution in [-0.4, -0.2) is 31.5 Å². The second-order valence-electron chi connectivity index (χ2n) is 9.46. The fourth-order valence-corrected chi connectivity index (χ4v) is 5.96. The number of nitrogens with zero attached hydrogens (tertiary/aromatic N) is 5. The fraction of sp³-hybridized carbons (Fsp3) is 0.393. The number of thiazole rings is 1. The van der Waals surface area contributed by atoms with Crippen LogP contribution in [0.5, 0.6) is 5.75 Å². The maximum absolute atomic E-state index is 6.19. The molecule has 4 aromatic rings. The molecule has 0 amide bonds. The van der Waals surface area contributed by atoms with Gasteiger partial charge in [0.25, 0.3) is 0 Å². The molecule has 1 saturated carbocycles. The van der Waals surface area contributed by atoms with Crippen LogP contribution in [0.15, 0.2) is 53.5 Å². The minimum absolute atomic E-state index is 0.568. The molecule has 1 aromatic carbocycles. The molecule has 7 nitrogen and oxygen atoms in total. The molecule has 9 heteroatoms. The fourth-order valence-electron chi connectivity index (χ4n) is 4.78. The molecule has 37 heavy (non-hydrogen) atoms. The van der Waals surface area contributed by atoms with Gasteiger partial charge in [-0.25, -0.2) is 19.9 Å². The van der Waals surface area contributed by atoms with Crippen LogP contribution in [-0.2, 0) is 12.8 Å². The number of benzene rings is 1. The Balaban J connectivity index is 1.36. The van der Waals surface area contributed by atoms with Gasteiger partial charge in [-0.05, 0) is 55.9 Å². The highest BCUT2D eigenvalue weighted by molar-refractivity contribution is 9.10. The number of ether oxygens (including phenoxy) is 1. The average Bonchev–Trinajstić information content (AvgIpc) is 3.35. The van der Waals surface area contributed by atoms with Crippen molar-refractivity contribution >= 4 is 32.4 Å². The Morgan fingerprint density at radius 3 is 2.65 bits per heavy atom. The summed E-state index contributed by atoms with van der Waals surface area (Å²) in [5.41, 5.74) is 9.19. The Morgan fingerprint density at radius 1 is 0.973 bits per heavy atom. The summed E-state index contributed by atoms with van der Waals surface area (Å²) in [7, 11) is 0. The summed E-state index contributed by atoms with van der Waals surface area (Å²) in [5, 5.41) is 0.606. The van der Waals surface area contributed by atoms with E-state index in [1.54, 1.807) is 18.6 Å². The molecule has 0 saturated heterocycles. The zero-order valence-electron chi connectivity index (χ0n) is 20.8. The molecule has 3 aromatic heterocycles. The first-order valence-corrected chi connectivity index (χ1v) is 14.5. The summed E-state index contributed by atoms with van der Waals surface area (Å²) in [6, 6.07) is 8.18. The molecule has 0 aliphatic heterocycles. The SMILES string of the molecule is Nc1ncc(CCCc2cc(-c3cc(OCCC4CCCCC4)ccc3Br)nc(-c3cnccn3)n2)s1. The number of nitrogens with two attached hydrogens (primary N) is 1. The Labute approximate surface area is 230 Å². The standard InChI is InChI=1S/C28H31BrN6OS/c29-24-10-9-21(36-14-11-19-5-2-1-3-6-19)16-23(24)25-15-20(7-4-8-22-17-33-28(30)37-22)34-27(35-25)26-18-31-12-13-32-26/h9-10,12-13,15-19H,1-8,11,14H2,(H2,30,33). The van der Waals surface area contributed by atoms with Crippen molar-refractivity contribution in [1.82, 2.24) is 24.9 Å². The quantitative estimate of drug-likeness (QED) is 0.218. The third-order valence-corrected chi connectivity index (χ3v) is 8.31. The molecule has 0 unspecified atom stereocenters. The summed E-state index contributed by atoms with van der Waals surface area (Å²) >= 11 is 5.26. The van der Waals surface area contributed by atoms with E-state index < -0.39 is 0 Å². The predicted molar refractivity (Wildman–Crippen MR) is 151 cm³/mol. The summed E-state index contributed by atoms with van der Waals surface area (Å²) < 4.78 is 7.15. The molecular weight excluding hydrogens is 548 g/mol. The average molecular weight is 580 g/mol. The van der Waals surface area contributed by atoms with Gasteiger partial charge in [-0.1, -0.05) is 48.0 Å². The Morgan fingerprint density at radius 2 is 1.86 bits per heavy atom. The molecule has 5 rings (SSSR count). The number of halogens is 1. The second kappa shape index (κ2) is 12.6. The molecule has 1 fully saturated rings. The van der Waals surface area contributed by atoms with E-state index in [9.17, 15) is 0 Å². The van der Waals surface area contributed by atoms with E-state index in [2.05, 4.69) is 43.0 Å². The number of hydrogen-bond acceptors (Lipinski definition) is 8. The van der Waals surface area contributed by atoms with Crippen LogP contribution in [0.25, 0.3) is 22.8 Å². The minimum Gasteiger partial charge on any atom is -0.494 e. The lowest BCUT2D eigenvalue weighted by molar-refractivity contribution is 0.246. The van der Waals surface area contributed by atoms with Gasteiger partial charge in [-0.15, -0.1) is 11.3 Å². The third kappa shape index (κ3) is 7.11. The smallest absolute Gasteiger partial charge is 0.180 e. The van der Waals surface area contributed by atoms with Crippen molar-refractivity contribution in [2.45, 2.75) is 57.8 Å². The lowest BCUT2D eigenvalue weighted by atomic mass is 9.87. The van der Waals surface area contributed by atoms with Gasteiger partial charge in [-0.2, -0.15) is 0 Å². The van der Waals surface area contributed by atoms with Crippen molar-refractivity contribution < 1.29 is 4.74 Å². The third-order valence-electron chi connectivity index (χ3n) is 6.73. The van der Waals surface area contributed by atoms with Crippen LogP contribution in [0.4, 0.5) is 5.13 Å². The number of hydrogen-bond donors (Lipinski definition) is 1. The molecule has 2 N–H and O–H groups in total. The van der Waals surface area contributed by atoms with E-state index in [-0.39, 0.29) is 0 Å². The van der Waals surface area contributed by atoms with E-state index >= 15 is 0 Å². The van der Waals surface area contributed by atoms with Crippen LogP contribution >= 0.6 is 27.3 Å². The summed E-state index contributed by atoms with van der Waals surface area (Å²) in [5.74, 6) is 2.22. The molecule has 3 heterocycles. The lowest BCUT2D eigenvalue weighted by Crippen LogP contribution is -2.10. The molecule has 0 spiro atoms. The Hall–Kier alpha value is -2.91. The monoisotopic (exact) mass is 578 g/mol. The summed E-state index contributed by atoms with van der Waals surface area (Å²) in [6.07, 6.45) is 17.4. The number of aryl methyl sites for hydroxylation is 2. The van der Waals surface area contributed by atoms with Crippen LogP contribution in [0.2, 0.25) is 0 Å². The highest BCUT2D eigenvalue weighted by Gasteiger charge is 2.15. The number of anilines is 1. The van der Waals surface area contributed by atoms with Crippen LogP contribution in [0.1, 0.15) is 55.5 Å². The molecule has 0 radical (unpaired) electrons. The van der Waals surface area contributed by atoms with Crippen molar-refractivity contribution in [3.8, 4) is 28.5 Å². The molecule has 0 atom stereocenters. The zero-order chi connectivity index (χ0) is 25.5. The maximum Gasteiger partial charge on any atom is 0.180 e. The zero-order valence-corrected chi connectivity index (χ0v) is 23.2. The van der Waals surface area contributed by atoms with E-state index in [1.807, 2.05) is 18.3 Å². The summed E-state index contributed by atoms with van der Waals surface area (Å²) in [6.45, 7) is 0.744. The normalized spacial score (nSPS) is 14.1. The van der Waals surface area contributed by atoms with Gasteiger partial charge in [0.2, 0.25) is 0 Å². The van der Waals surface area contributed by atoms with Crippen molar-refractivity contribution in [2.75, 3.05) is 12.3 Å². The van der Waals surface area contributed by atoms with E-state index in [1.165, 1.54) is 48.3 Å². The molecule has 1 aliphatic carbocycles. The molecule has 192 valence electrons. The van der Waals surface area contributed by atoms with Gasteiger partial charge in [0.05, 0.1) is 18.5 Å². The van der Waals surface area contributed by atoms with Crippen molar-refractivity contribution in [3.63, 3.8) is 0 Å². The van der Waals surface area contributed by atoms with E-state index in [0.29, 0.717) is 16.6 Å². The molecular formula is C28H31BrN6OS. The maximum atomic E-state index is 6.19. The van der Waals surface area contributed by atoms with Crippen LogP contribution in [0, 0.1) is 5.92 Å². The number of nitrogen functional groups attached to an aromatic ring is 1. The van der Waals surface area contributed by atoms with Gasteiger partial charge in [0, 0.05) is 39.2 Å². The predicted octanol–water partition coefficient (Wildman–Crippen LogP) is 6.93. The Kier molecular flexibility index (Phi) is 8.73. The highest BCUT2D eigenvalue weighted by atomic mass is 79.9. The highest BCUT2D eigenvalue weighted by Crippen LogP contribution is 2.33. The van der Waals surface area contributed by atoms with Gasteiger partial charge < -0.3 is 10.5 Å². The first-order valence-electron chi connectivity index (χ1n) is 12.9. The van der Waals surface area contributed by atoms with Crippen molar-refractivity contribution in [2.24, 2.45) is 5.92 Å². The number of rotatable bonds is 10. The summed E-state index contributed by atoms with van der Waals surface area (Å²) in [4.78, 5) is 23.7. The van der Waals surface area contributed by atoms with Gasteiger partial charge in [-0.3, -0.25) is 4.98 Å². The Bertz CT molecular complexity index is 1310. The first-order chi connectivity index (χ1) is 18.1. The topological polar surface area (TPSA) is 99.7 Å². The molecule has 0 bridgehead atoms. The minimum atomic E-state index is 0.568. The van der Waals surface area contributed by atoms with E-state index in [4.69, 9.17) is 20.4 Å². The first kappa shape index (κ1) is 25.7. The van der Waals surface area contributed by atoms with Crippen LogP contribution < -0.4 is 10.5 Å². The van der Waals surface area contributed by atoms with E-state index in [0.717, 1.165) is 65.4 Å². The van der Waals surface area contributed by atoms with Crippen LogP contribution in [0.3, 0.4) is 0 Å². The molecule has 1 aliphatic rings. The van der Waals surface area contributed by atoms with Crippen molar-refractivity contribution in [1.29, 1.82) is 0 Å². The van der Waals surface area contributed by atoms with Gasteiger partial charge >= 0.3 is 0 Å². The van der Waals surface area contributed by atoms with Gasteiger partial charge in [0.1, 0.15) is 11.4 Å². The van der Waals surface area contributed by atoms with Gasteiger partial charge in [0.15, 0.2) is 11.0 Å². The lowest BCUT2D eigenvalue weighted by Gasteiger charge is -2.21. The van der Waals surface area contributed by atoms with Crippen molar-refractivity contribution in [3.05, 3.63) is 64.1 Å². The largest absolute Gasteiger partial charge is 0.494 e. The number of aromatic nitrogens is 5. The second-order valence-corrected chi connectivity index (χ2v) is 11.5.